The lowest BCUT2D eigenvalue weighted by atomic mass is 9.69. The Labute approximate surface area is 129 Å². The minimum absolute atomic E-state index is 0.0162. The van der Waals surface area contributed by atoms with E-state index in [0.29, 0.717) is 5.92 Å². The molecule has 2 aliphatic heterocycles. The molecule has 2 unspecified atom stereocenters. The summed E-state index contributed by atoms with van der Waals surface area (Å²) in [5.74, 6) is 1.71. The molecule has 0 radical (unpaired) electrons. The molecule has 6 nitrogen and oxygen atoms in total. The Morgan fingerprint density at radius 1 is 1.45 bits per heavy atom. The van der Waals surface area contributed by atoms with Gasteiger partial charge >= 0.3 is 0 Å². The third-order valence-corrected chi connectivity index (χ3v) is 5.43. The van der Waals surface area contributed by atoms with Gasteiger partial charge in [0.1, 0.15) is 17.8 Å². The number of H-pyrrole nitrogens is 1. The van der Waals surface area contributed by atoms with Gasteiger partial charge in [0, 0.05) is 32.8 Å². The van der Waals surface area contributed by atoms with Crippen LogP contribution in [0.4, 0.5) is 5.82 Å². The van der Waals surface area contributed by atoms with Gasteiger partial charge in [-0.25, -0.2) is 9.97 Å². The van der Waals surface area contributed by atoms with Gasteiger partial charge in [0.2, 0.25) is 5.91 Å². The molecule has 2 atom stereocenters. The van der Waals surface area contributed by atoms with Crippen LogP contribution in [0.5, 0.6) is 0 Å². The first-order chi connectivity index (χ1) is 10.6. The van der Waals surface area contributed by atoms with Crippen LogP contribution >= 0.6 is 0 Å². The number of hydrogen-bond acceptors (Lipinski definition) is 4. The lowest BCUT2D eigenvalue weighted by molar-refractivity contribution is -0.155. The molecule has 6 heteroatoms. The number of carbonyl (C=O) groups excluding carboxylic acids is 1. The van der Waals surface area contributed by atoms with E-state index >= 15 is 0 Å². The number of likely N-dealkylation sites (tertiary alicyclic amines) is 1. The second kappa shape index (κ2) is 4.69. The summed E-state index contributed by atoms with van der Waals surface area (Å²) >= 11 is 0. The van der Waals surface area contributed by atoms with Gasteiger partial charge in [-0.05, 0) is 24.8 Å². The van der Waals surface area contributed by atoms with E-state index in [-0.39, 0.29) is 11.4 Å². The second-order valence-electron chi connectivity index (χ2n) is 6.60. The minimum atomic E-state index is -0.0162. The molecule has 2 aliphatic rings. The van der Waals surface area contributed by atoms with Crippen molar-refractivity contribution in [3.05, 3.63) is 18.6 Å². The van der Waals surface area contributed by atoms with Gasteiger partial charge in [-0.3, -0.25) is 4.79 Å². The van der Waals surface area contributed by atoms with Gasteiger partial charge in [-0.2, -0.15) is 0 Å². The van der Waals surface area contributed by atoms with E-state index in [9.17, 15) is 4.79 Å². The molecular weight excluding hydrogens is 278 g/mol. The van der Waals surface area contributed by atoms with E-state index in [2.05, 4.69) is 31.7 Å². The predicted molar refractivity (Wildman–Crippen MR) is 84.6 cm³/mol. The van der Waals surface area contributed by atoms with Crippen LogP contribution in [0.2, 0.25) is 0 Å². The normalized spacial score (nSPS) is 28.2. The summed E-state index contributed by atoms with van der Waals surface area (Å²) in [6.45, 7) is 6.67. The quantitative estimate of drug-likeness (QED) is 0.872. The zero-order valence-electron chi connectivity index (χ0n) is 13.0. The Balaban J connectivity index is 1.69. The fourth-order valence-corrected chi connectivity index (χ4v) is 4.20. The molecule has 2 fully saturated rings. The highest BCUT2D eigenvalue weighted by atomic mass is 16.2. The number of rotatable bonds is 1. The van der Waals surface area contributed by atoms with E-state index in [1.807, 2.05) is 12.3 Å². The lowest BCUT2D eigenvalue weighted by Crippen LogP contribution is -2.73. The van der Waals surface area contributed by atoms with E-state index < -0.39 is 0 Å². The van der Waals surface area contributed by atoms with Gasteiger partial charge in [0.25, 0.3) is 0 Å². The maximum atomic E-state index is 11.9. The number of nitrogens with one attached hydrogen (secondary N) is 1. The van der Waals surface area contributed by atoms with E-state index in [0.717, 1.165) is 49.3 Å². The molecule has 0 bridgehead atoms. The van der Waals surface area contributed by atoms with Crippen molar-refractivity contribution >= 4 is 22.8 Å². The predicted octanol–water partition coefficient (Wildman–Crippen LogP) is 1.80. The fourth-order valence-electron chi connectivity index (χ4n) is 4.20. The van der Waals surface area contributed by atoms with Crippen molar-refractivity contribution in [2.24, 2.45) is 5.92 Å². The number of piperidine rings is 1. The first kappa shape index (κ1) is 13.5. The summed E-state index contributed by atoms with van der Waals surface area (Å²) in [5, 5.41) is 1.06. The molecule has 22 heavy (non-hydrogen) atoms. The molecule has 0 saturated carbocycles. The van der Waals surface area contributed by atoms with Crippen molar-refractivity contribution in [3.8, 4) is 0 Å². The minimum Gasteiger partial charge on any atom is -0.354 e. The maximum Gasteiger partial charge on any atom is 0.219 e. The molecular formula is C16H21N5O. The molecule has 2 aromatic rings. The van der Waals surface area contributed by atoms with Crippen molar-refractivity contribution in [3.63, 3.8) is 0 Å². The van der Waals surface area contributed by atoms with Crippen LogP contribution in [-0.4, -0.2) is 50.9 Å². The molecule has 2 aromatic heterocycles. The van der Waals surface area contributed by atoms with E-state index in [4.69, 9.17) is 0 Å². The standard InChI is InChI=1S/C16H21N5O/c1-11-8-21(12(2)22)16(11)5-3-7-20(9-16)15-13-4-6-17-14(13)18-10-19-15/h4,6,10-11H,3,5,7-9H2,1-2H3,(H,17,18,19). The molecule has 1 N–H and O–H groups in total. The number of anilines is 1. The number of aromatic amines is 1. The topological polar surface area (TPSA) is 65.1 Å². The highest BCUT2D eigenvalue weighted by Crippen LogP contribution is 2.44. The van der Waals surface area contributed by atoms with Crippen LogP contribution in [0.3, 0.4) is 0 Å². The smallest absolute Gasteiger partial charge is 0.219 e. The van der Waals surface area contributed by atoms with Crippen molar-refractivity contribution in [1.82, 2.24) is 19.9 Å². The van der Waals surface area contributed by atoms with Crippen molar-refractivity contribution in [2.45, 2.75) is 32.2 Å². The number of carbonyl (C=O) groups is 1. The SMILES string of the molecule is CC(=O)N1CC(C)C12CCCN(c1ncnc3[nH]ccc13)C2. The summed E-state index contributed by atoms with van der Waals surface area (Å²) in [6.07, 6.45) is 5.69. The number of hydrogen-bond donors (Lipinski definition) is 1. The second-order valence-corrected chi connectivity index (χ2v) is 6.60. The monoisotopic (exact) mass is 299 g/mol. The number of amides is 1. The first-order valence-electron chi connectivity index (χ1n) is 7.93. The third kappa shape index (κ3) is 1.76. The van der Waals surface area contributed by atoms with Crippen LogP contribution in [0.1, 0.15) is 26.7 Å². The molecule has 0 aromatic carbocycles. The summed E-state index contributed by atoms with van der Waals surface area (Å²) in [7, 11) is 0. The van der Waals surface area contributed by atoms with Crippen LogP contribution in [0, 0.1) is 5.92 Å². The summed E-state index contributed by atoms with van der Waals surface area (Å²) in [4.78, 5) is 28.2. The molecule has 0 aliphatic carbocycles. The van der Waals surface area contributed by atoms with Crippen LogP contribution in [-0.2, 0) is 4.79 Å². The summed E-state index contributed by atoms with van der Waals surface area (Å²) < 4.78 is 0. The molecule has 4 heterocycles. The Morgan fingerprint density at radius 2 is 2.32 bits per heavy atom. The van der Waals surface area contributed by atoms with Gasteiger partial charge < -0.3 is 14.8 Å². The highest BCUT2D eigenvalue weighted by molar-refractivity contribution is 5.87. The highest BCUT2D eigenvalue weighted by Gasteiger charge is 2.54. The third-order valence-electron chi connectivity index (χ3n) is 5.43. The van der Waals surface area contributed by atoms with Crippen molar-refractivity contribution < 1.29 is 4.79 Å². The molecule has 1 spiro atoms. The first-order valence-corrected chi connectivity index (χ1v) is 7.93. The van der Waals surface area contributed by atoms with Gasteiger partial charge in [-0.15, -0.1) is 0 Å². The average molecular weight is 299 g/mol. The molecule has 1 amide bonds. The Kier molecular flexibility index (Phi) is 2.89. The van der Waals surface area contributed by atoms with Gasteiger partial charge in [0.05, 0.1) is 10.9 Å². The number of aromatic nitrogens is 3. The molecule has 4 rings (SSSR count). The van der Waals surface area contributed by atoms with Crippen molar-refractivity contribution in [2.75, 3.05) is 24.5 Å². The summed E-state index contributed by atoms with van der Waals surface area (Å²) in [6, 6.07) is 2.03. The van der Waals surface area contributed by atoms with E-state index in [1.54, 1.807) is 13.3 Å². The maximum absolute atomic E-state index is 11.9. The average Bonchev–Trinajstić information content (AvgIpc) is 3.00. The van der Waals surface area contributed by atoms with Gasteiger partial charge in [-0.1, -0.05) is 6.92 Å². The van der Waals surface area contributed by atoms with Gasteiger partial charge in [0.15, 0.2) is 0 Å². The number of fused-ring (bicyclic) bond motifs is 1. The van der Waals surface area contributed by atoms with Crippen LogP contribution < -0.4 is 4.90 Å². The Hall–Kier alpha value is -2.11. The Morgan fingerprint density at radius 3 is 3.09 bits per heavy atom. The fraction of sp³-hybridized carbons (Fsp3) is 0.562. The van der Waals surface area contributed by atoms with Crippen LogP contribution in [0.25, 0.3) is 11.0 Å². The van der Waals surface area contributed by atoms with Crippen molar-refractivity contribution in [1.29, 1.82) is 0 Å². The molecule has 116 valence electrons. The molecule has 2 saturated heterocycles. The van der Waals surface area contributed by atoms with E-state index in [1.165, 1.54) is 0 Å². The zero-order chi connectivity index (χ0) is 15.3. The Bertz CT molecular complexity index is 726. The number of nitrogens with zero attached hydrogens (tertiary/aromatic N) is 4. The zero-order valence-corrected chi connectivity index (χ0v) is 13.0. The summed E-state index contributed by atoms with van der Waals surface area (Å²) in [5.41, 5.74) is 0.854. The lowest BCUT2D eigenvalue weighted by Gasteiger charge is -2.61. The largest absolute Gasteiger partial charge is 0.354 e. The van der Waals surface area contributed by atoms with Crippen LogP contribution in [0.15, 0.2) is 18.6 Å².